The molecule has 1 amide bonds. The Bertz CT molecular complexity index is 643. The van der Waals surface area contributed by atoms with Gasteiger partial charge in [-0.15, -0.1) is 35.5 Å². The average Bonchev–Trinajstić information content (AvgIpc) is 2.93. The number of rotatable bonds is 6. The van der Waals surface area contributed by atoms with Gasteiger partial charge in [0.1, 0.15) is 5.84 Å². The van der Waals surface area contributed by atoms with Crippen LogP contribution < -0.4 is 11.1 Å². The Morgan fingerprint density at radius 1 is 1.36 bits per heavy atom. The normalized spacial score (nSPS) is 9.86. The van der Waals surface area contributed by atoms with Crippen molar-refractivity contribution in [3.8, 4) is 0 Å². The van der Waals surface area contributed by atoms with Crippen molar-refractivity contribution in [2.75, 3.05) is 12.8 Å². The summed E-state index contributed by atoms with van der Waals surface area (Å²) in [4.78, 5) is 12.9. The zero-order valence-electron chi connectivity index (χ0n) is 12.1. The SMILES string of the molecule is CSc1sc(C(=N)N)cc1C(=O)NCCc1ccccc1.Cl. The number of amides is 1. The summed E-state index contributed by atoms with van der Waals surface area (Å²) in [5.41, 5.74) is 7.27. The van der Waals surface area contributed by atoms with Crippen molar-refractivity contribution >= 4 is 47.2 Å². The van der Waals surface area contributed by atoms with Crippen molar-refractivity contribution in [3.63, 3.8) is 0 Å². The number of carbonyl (C=O) groups excluding carboxylic acids is 1. The number of nitrogen functional groups attached to an aromatic ring is 1. The smallest absolute Gasteiger partial charge is 0.253 e. The van der Waals surface area contributed by atoms with Crippen molar-refractivity contribution < 1.29 is 4.79 Å². The Morgan fingerprint density at radius 2 is 2.05 bits per heavy atom. The molecular weight excluding hydrogens is 338 g/mol. The predicted octanol–water partition coefficient (Wildman–Crippen LogP) is 3.15. The third kappa shape index (κ3) is 4.76. The lowest BCUT2D eigenvalue weighted by atomic mass is 10.1. The lowest BCUT2D eigenvalue weighted by Gasteiger charge is -2.05. The summed E-state index contributed by atoms with van der Waals surface area (Å²) >= 11 is 2.88. The average molecular weight is 356 g/mol. The molecule has 1 heterocycles. The highest BCUT2D eigenvalue weighted by atomic mass is 35.5. The molecule has 2 rings (SSSR count). The Kier molecular flexibility index (Phi) is 7.44. The molecule has 0 aliphatic carbocycles. The number of carbonyl (C=O) groups is 1. The van der Waals surface area contributed by atoms with E-state index in [-0.39, 0.29) is 24.1 Å². The van der Waals surface area contributed by atoms with Gasteiger partial charge in [0.15, 0.2) is 0 Å². The van der Waals surface area contributed by atoms with Crippen molar-refractivity contribution in [2.24, 2.45) is 5.73 Å². The van der Waals surface area contributed by atoms with Gasteiger partial charge < -0.3 is 11.1 Å². The van der Waals surface area contributed by atoms with E-state index in [0.717, 1.165) is 10.6 Å². The fourth-order valence-electron chi connectivity index (χ4n) is 1.88. The van der Waals surface area contributed by atoms with E-state index < -0.39 is 0 Å². The van der Waals surface area contributed by atoms with Crippen LogP contribution in [0.25, 0.3) is 0 Å². The summed E-state index contributed by atoms with van der Waals surface area (Å²) in [7, 11) is 0. The quantitative estimate of drug-likeness (QED) is 0.423. The summed E-state index contributed by atoms with van der Waals surface area (Å²) in [6, 6.07) is 11.7. The molecule has 1 aromatic heterocycles. The number of nitrogens with two attached hydrogens (primary N) is 1. The maximum atomic E-state index is 12.2. The van der Waals surface area contributed by atoms with E-state index in [9.17, 15) is 4.79 Å². The van der Waals surface area contributed by atoms with Crippen LogP contribution in [0, 0.1) is 5.41 Å². The van der Waals surface area contributed by atoms with Crippen LogP contribution in [0.15, 0.2) is 40.6 Å². The van der Waals surface area contributed by atoms with Gasteiger partial charge in [0.2, 0.25) is 0 Å². The molecule has 0 atom stereocenters. The number of nitrogens with one attached hydrogen (secondary N) is 2. The second-order valence-electron chi connectivity index (χ2n) is 4.42. The third-order valence-electron chi connectivity index (χ3n) is 2.94. The highest BCUT2D eigenvalue weighted by Crippen LogP contribution is 2.30. The Labute approximate surface area is 144 Å². The van der Waals surface area contributed by atoms with Gasteiger partial charge in [0, 0.05) is 6.54 Å². The summed E-state index contributed by atoms with van der Waals surface area (Å²) in [6.07, 6.45) is 2.71. The highest BCUT2D eigenvalue weighted by Gasteiger charge is 2.16. The van der Waals surface area contributed by atoms with Gasteiger partial charge in [-0.3, -0.25) is 10.2 Å². The van der Waals surface area contributed by atoms with Crippen molar-refractivity contribution in [1.82, 2.24) is 5.32 Å². The molecule has 0 radical (unpaired) electrons. The molecule has 4 nitrogen and oxygen atoms in total. The number of amidine groups is 1. The first kappa shape index (κ1) is 18.5. The van der Waals surface area contributed by atoms with Gasteiger partial charge in [0.05, 0.1) is 14.6 Å². The van der Waals surface area contributed by atoms with Crippen molar-refractivity contribution in [1.29, 1.82) is 5.41 Å². The monoisotopic (exact) mass is 355 g/mol. The minimum atomic E-state index is -0.112. The van der Waals surface area contributed by atoms with Gasteiger partial charge in [-0.25, -0.2) is 0 Å². The Hall–Kier alpha value is -1.50. The molecule has 4 N–H and O–H groups in total. The van der Waals surface area contributed by atoms with E-state index in [4.69, 9.17) is 11.1 Å². The number of hydrogen-bond donors (Lipinski definition) is 3. The molecule has 0 spiro atoms. The molecule has 1 aromatic carbocycles. The fourth-order valence-corrected chi connectivity index (χ4v) is 3.60. The van der Waals surface area contributed by atoms with Crippen LogP contribution in [-0.4, -0.2) is 24.5 Å². The second-order valence-corrected chi connectivity index (χ2v) is 6.55. The lowest BCUT2D eigenvalue weighted by molar-refractivity contribution is 0.0952. The van der Waals surface area contributed by atoms with Crippen LogP contribution in [0.3, 0.4) is 0 Å². The molecule has 0 aliphatic heterocycles. The van der Waals surface area contributed by atoms with Crippen LogP contribution >= 0.6 is 35.5 Å². The van der Waals surface area contributed by atoms with Gasteiger partial charge in [-0.05, 0) is 24.3 Å². The van der Waals surface area contributed by atoms with Crippen LogP contribution in [0.2, 0.25) is 0 Å². The van der Waals surface area contributed by atoms with Crippen molar-refractivity contribution in [3.05, 3.63) is 52.4 Å². The van der Waals surface area contributed by atoms with Crippen LogP contribution in [0.1, 0.15) is 20.8 Å². The van der Waals surface area contributed by atoms with E-state index in [0.29, 0.717) is 17.0 Å². The molecule has 0 fully saturated rings. The Balaban J connectivity index is 0.00000242. The summed E-state index contributed by atoms with van der Waals surface area (Å²) in [5.74, 6) is -0.113. The lowest BCUT2D eigenvalue weighted by Crippen LogP contribution is -2.25. The first-order valence-corrected chi connectivity index (χ1v) is 8.50. The topological polar surface area (TPSA) is 79.0 Å². The van der Waals surface area contributed by atoms with Gasteiger partial charge in [-0.2, -0.15) is 0 Å². The van der Waals surface area contributed by atoms with Crippen molar-refractivity contribution in [2.45, 2.75) is 10.6 Å². The fraction of sp³-hybridized carbons (Fsp3) is 0.200. The maximum absolute atomic E-state index is 12.2. The van der Waals surface area contributed by atoms with E-state index in [1.54, 1.807) is 6.07 Å². The van der Waals surface area contributed by atoms with E-state index in [2.05, 4.69) is 5.32 Å². The number of thioether (sulfide) groups is 1. The zero-order valence-corrected chi connectivity index (χ0v) is 14.5. The zero-order chi connectivity index (χ0) is 15.2. The number of hydrogen-bond acceptors (Lipinski definition) is 4. The van der Waals surface area contributed by atoms with Crippen LogP contribution in [-0.2, 0) is 6.42 Å². The van der Waals surface area contributed by atoms with E-state index in [1.807, 2.05) is 36.6 Å². The largest absolute Gasteiger partial charge is 0.383 e. The van der Waals surface area contributed by atoms with Crippen LogP contribution in [0.5, 0.6) is 0 Å². The minimum absolute atomic E-state index is 0. The molecule has 0 saturated carbocycles. The number of halogens is 1. The first-order valence-electron chi connectivity index (χ1n) is 6.46. The standard InChI is InChI=1S/C15H17N3OS2.ClH/c1-20-15-11(9-12(21-15)13(16)17)14(19)18-8-7-10-5-3-2-4-6-10;/h2-6,9H,7-8H2,1H3,(H3,16,17)(H,18,19);1H. The summed E-state index contributed by atoms with van der Waals surface area (Å²) < 4.78 is 0.886. The Morgan fingerprint density at radius 3 is 2.64 bits per heavy atom. The van der Waals surface area contributed by atoms with Gasteiger partial charge >= 0.3 is 0 Å². The third-order valence-corrected chi connectivity index (χ3v) is 5.24. The molecule has 2 aromatic rings. The predicted molar refractivity (Wildman–Crippen MR) is 96.8 cm³/mol. The molecule has 7 heteroatoms. The number of benzene rings is 1. The van der Waals surface area contributed by atoms with Crippen LogP contribution in [0.4, 0.5) is 0 Å². The molecular formula is C15H18ClN3OS2. The molecule has 22 heavy (non-hydrogen) atoms. The molecule has 0 unspecified atom stereocenters. The summed E-state index contributed by atoms with van der Waals surface area (Å²) in [5, 5.41) is 10.4. The maximum Gasteiger partial charge on any atom is 0.253 e. The van der Waals surface area contributed by atoms with E-state index >= 15 is 0 Å². The number of thiophene rings is 1. The first-order chi connectivity index (χ1) is 10.1. The summed E-state index contributed by atoms with van der Waals surface area (Å²) in [6.45, 7) is 0.585. The molecule has 0 bridgehead atoms. The molecule has 0 saturated heterocycles. The second kappa shape index (κ2) is 8.82. The van der Waals surface area contributed by atoms with Gasteiger partial charge in [0.25, 0.3) is 5.91 Å². The van der Waals surface area contributed by atoms with E-state index in [1.165, 1.54) is 28.7 Å². The molecule has 0 aliphatic rings. The highest BCUT2D eigenvalue weighted by molar-refractivity contribution is 8.00. The van der Waals surface area contributed by atoms with Gasteiger partial charge in [-0.1, -0.05) is 30.3 Å². The minimum Gasteiger partial charge on any atom is -0.383 e. The molecule has 118 valence electrons.